The van der Waals surface area contributed by atoms with E-state index >= 15 is 0 Å². The largest absolute Gasteiger partial charge is 0.397 e. The predicted octanol–water partition coefficient (Wildman–Crippen LogP) is 3.47. The molecule has 0 aliphatic carbocycles. The van der Waals surface area contributed by atoms with Crippen LogP contribution in [0.5, 0.6) is 0 Å². The molecule has 0 fully saturated rings. The van der Waals surface area contributed by atoms with Gasteiger partial charge in [-0.2, -0.15) is 0 Å². The van der Waals surface area contributed by atoms with Gasteiger partial charge in [0.2, 0.25) is 10.0 Å². The molecule has 0 aliphatic heterocycles. The highest BCUT2D eigenvalue weighted by Gasteiger charge is 2.16. The van der Waals surface area contributed by atoms with Gasteiger partial charge >= 0.3 is 0 Å². The number of nitrogens with one attached hydrogen (secondary N) is 1. The van der Waals surface area contributed by atoms with Gasteiger partial charge in [-0.15, -0.1) is 11.3 Å². The number of halogens is 2. The molecule has 1 aromatic heterocycles. The Labute approximate surface area is 137 Å². The maximum atomic E-state index is 12.2. The van der Waals surface area contributed by atoms with E-state index in [0.29, 0.717) is 27.9 Å². The molecule has 0 amide bonds. The number of thiophene rings is 1. The number of rotatable bonds is 5. The molecule has 1 heterocycles. The molecule has 0 spiro atoms. The van der Waals surface area contributed by atoms with Crippen LogP contribution in [-0.4, -0.2) is 15.0 Å². The van der Waals surface area contributed by atoms with E-state index in [9.17, 15) is 8.42 Å². The first-order valence-corrected chi connectivity index (χ1v) is 9.14. The maximum Gasteiger partial charge on any atom is 0.240 e. The monoisotopic (exact) mass is 364 g/mol. The van der Waals surface area contributed by atoms with Crippen LogP contribution >= 0.6 is 34.5 Å². The van der Waals surface area contributed by atoms with Gasteiger partial charge in [-0.1, -0.05) is 23.2 Å². The van der Waals surface area contributed by atoms with Crippen LogP contribution in [0.3, 0.4) is 0 Å². The highest BCUT2D eigenvalue weighted by atomic mass is 35.5. The number of benzene rings is 1. The fourth-order valence-electron chi connectivity index (χ4n) is 1.80. The zero-order chi connectivity index (χ0) is 15.6. The fourth-order valence-corrected chi connectivity index (χ4v) is 4.14. The molecule has 1 aromatic carbocycles. The van der Waals surface area contributed by atoms with Crippen LogP contribution in [0.25, 0.3) is 0 Å². The van der Waals surface area contributed by atoms with Gasteiger partial charge in [-0.3, -0.25) is 0 Å². The molecule has 8 heteroatoms. The molecule has 3 N–H and O–H groups in total. The van der Waals surface area contributed by atoms with Gasteiger partial charge in [0.05, 0.1) is 19.9 Å². The van der Waals surface area contributed by atoms with Crippen molar-refractivity contribution in [3.05, 3.63) is 44.1 Å². The smallest absolute Gasteiger partial charge is 0.240 e. The van der Waals surface area contributed by atoms with E-state index in [2.05, 4.69) is 4.72 Å². The first kappa shape index (κ1) is 16.6. The second-order valence-corrected chi connectivity index (χ2v) is 8.44. The van der Waals surface area contributed by atoms with Crippen molar-refractivity contribution in [2.45, 2.75) is 18.2 Å². The highest BCUT2D eigenvalue weighted by Crippen LogP contribution is 2.27. The number of anilines is 1. The Morgan fingerprint density at radius 1 is 1.29 bits per heavy atom. The van der Waals surface area contributed by atoms with Crippen molar-refractivity contribution in [1.82, 2.24) is 4.72 Å². The lowest BCUT2D eigenvalue weighted by Crippen LogP contribution is -2.26. The third-order valence-electron chi connectivity index (χ3n) is 2.86. The van der Waals surface area contributed by atoms with Crippen molar-refractivity contribution in [1.29, 1.82) is 0 Å². The van der Waals surface area contributed by atoms with E-state index in [1.54, 1.807) is 13.0 Å². The molecule has 0 unspecified atom stereocenters. The third-order valence-corrected chi connectivity index (χ3v) is 6.11. The standard InChI is InChI=1S/C13H14Cl2N2O2S2/c1-8-6-10(7-11(16)13(8)15)21(18,19)17-5-4-9-2-3-12(14)20-9/h2-3,6-7,17H,4-5,16H2,1H3. The van der Waals surface area contributed by atoms with Gasteiger partial charge in [-0.25, -0.2) is 13.1 Å². The van der Waals surface area contributed by atoms with Gasteiger partial charge in [0.1, 0.15) is 0 Å². The molecule has 0 atom stereocenters. The lowest BCUT2D eigenvalue weighted by atomic mass is 10.2. The number of hydrogen-bond donors (Lipinski definition) is 2. The second kappa shape index (κ2) is 6.54. The van der Waals surface area contributed by atoms with Gasteiger partial charge in [0, 0.05) is 11.4 Å². The fraction of sp³-hybridized carbons (Fsp3) is 0.231. The topological polar surface area (TPSA) is 72.2 Å². The van der Waals surface area contributed by atoms with Crippen molar-refractivity contribution >= 4 is 50.2 Å². The molecular weight excluding hydrogens is 351 g/mol. The summed E-state index contributed by atoms with van der Waals surface area (Å²) in [6.45, 7) is 2.01. The zero-order valence-electron chi connectivity index (χ0n) is 11.2. The van der Waals surface area contributed by atoms with Crippen molar-refractivity contribution < 1.29 is 8.42 Å². The number of hydrogen-bond acceptors (Lipinski definition) is 4. The van der Waals surface area contributed by atoms with E-state index in [1.165, 1.54) is 23.5 Å². The van der Waals surface area contributed by atoms with Crippen molar-refractivity contribution in [3.63, 3.8) is 0 Å². The Balaban J connectivity index is 2.08. The van der Waals surface area contributed by atoms with Crippen LogP contribution < -0.4 is 10.5 Å². The summed E-state index contributed by atoms with van der Waals surface area (Å²) in [5, 5.41) is 0.377. The molecule has 0 saturated heterocycles. The number of nitrogen functional groups attached to an aromatic ring is 1. The van der Waals surface area contributed by atoms with E-state index in [0.717, 1.165) is 4.88 Å². The molecule has 2 aromatic rings. The summed E-state index contributed by atoms with van der Waals surface area (Å²) in [5.74, 6) is 0. The molecule has 2 rings (SSSR count). The van der Waals surface area contributed by atoms with Gasteiger partial charge in [0.15, 0.2) is 0 Å². The van der Waals surface area contributed by atoms with Gasteiger partial charge in [-0.05, 0) is 43.2 Å². The Morgan fingerprint density at radius 3 is 2.57 bits per heavy atom. The molecule has 0 radical (unpaired) electrons. The van der Waals surface area contributed by atoms with Gasteiger partial charge < -0.3 is 5.73 Å². The minimum Gasteiger partial charge on any atom is -0.397 e. The lowest BCUT2D eigenvalue weighted by Gasteiger charge is -2.09. The van der Waals surface area contributed by atoms with Crippen LogP contribution in [-0.2, 0) is 16.4 Å². The summed E-state index contributed by atoms with van der Waals surface area (Å²) in [6.07, 6.45) is 0.582. The third kappa shape index (κ3) is 4.11. The summed E-state index contributed by atoms with van der Waals surface area (Å²) in [6, 6.07) is 6.54. The Hall–Kier alpha value is -0.790. The average molecular weight is 365 g/mol. The average Bonchev–Trinajstić information content (AvgIpc) is 2.81. The van der Waals surface area contributed by atoms with E-state index in [-0.39, 0.29) is 10.6 Å². The van der Waals surface area contributed by atoms with E-state index < -0.39 is 10.0 Å². The van der Waals surface area contributed by atoms with Crippen molar-refractivity contribution in [2.75, 3.05) is 12.3 Å². The van der Waals surface area contributed by atoms with Crippen molar-refractivity contribution in [2.24, 2.45) is 0 Å². The number of nitrogens with two attached hydrogens (primary N) is 1. The number of sulfonamides is 1. The Bertz CT molecular complexity index is 734. The molecule has 0 bridgehead atoms. The first-order valence-electron chi connectivity index (χ1n) is 6.09. The first-order chi connectivity index (χ1) is 9.79. The van der Waals surface area contributed by atoms with E-state index in [4.69, 9.17) is 28.9 Å². The lowest BCUT2D eigenvalue weighted by molar-refractivity contribution is 0.582. The maximum absolute atomic E-state index is 12.2. The summed E-state index contributed by atoms with van der Waals surface area (Å²) < 4.78 is 27.7. The second-order valence-electron chi connectivity index (χ2n) is 4.50. The normalized spacial score (nSPS) is 11.8. The molecular formula is C13H14Cl2N2O2S2. The summed E-state index contributed by atoms with van der Waals surface area (Å²) in [4.78, 5) is 1.14. The Morgan fingerprint density at radius 2 is 2.00 bits per heavy atom. The Kier molecular flexibility index (Phi) is 5.16. The molecule has 21 heavy (non-hydrogen) atoms. The minimum absolute atomic E-state index is 0.117. The van der Waals surface area contributed by atoms with Crippen LogP contribution in [0, 0.1) is 6.92 Å². The van der Waals surface area contributed by atoms with Crippen LogP contribution in [0.4, 0.5) is 5.69 Å². The molecule has 114 valence electrons. The quantitative estimate of drug-likeness (QED) is 0.797. The predicted molar refractivity (Wildman–Crippen MR) is 88.8 cm³/mol. The molecule has 0 aliphatic rings. The molecule has 4 nitrogen and oxygen atoms in total. The summed E-state index contributed by atoms with van der Waals surface area (Å²) in [7, 11) is -3.60. The highest BCUT2D eigenvalue weighted by molar-refractivity contribution is 7.89. The summed E-state index contributed by atoms with van der Waals surface area (Å²) in [5.41, 5.74) is 6.58. The summed E-state index contributed by atoms with van der Waals surface area (Å²) >= 11 is 13.2. The number of aryl methyl sites for hydroxylation is 1. The SMILES string of the molecule is Cc1cc(S(=O)(=O)NCCc2ccc(Cl)s2)cc(N)c1Cl. The van der Waals surface area contributed by atoms with Gasteiger partial charge in [0.25, 0.3) is 0 Å². The van der Waals surface area contributed by atoms with Crippen LogP contribution in [0.2, 0.25) is 9.36 Å². The van der Waals surface area contributed by atoms with E-state index in [1.807, 2.05) is 6.07 Å². The van der Waals surface area contributed by atoms with Crippen LogP contribution in [0.1, 0.15) is 10.4 Å². The zero-order valence-corrected chi connectivity index (χ0v) is 14.3. The molecule has 0 saturated carbocycles. The van der Waals surface area contributed by atoms with Crippen LogP contribution in [0.15, 0.2) is 29.2 Å². The van der Waals surface area contributed by atoms with Crippen molar-refractivity contribution in [3.8, 4) is 0 Å². The minimum atomic E-state index is -3.60.